The largest absolute Gasteiger partial charge is 0.478 e. The van der Waals surface area contributed by atoms with Gasteiger partial charge in [0.2, 0.25) is 0 Å². The molecule has 11 heavy (non-hydrogen) atoms. The van der Waals surface area contributed by atoms with E-state index in [4.69, 9.17) is 5.11 Å². The second-order valence-corrected chi connectivity index (χ2v) is 1.89. The third-order valence-corrected chi connectivity index (χ3v) is 0.937. The molecule has 0 aliphatic heterocycles. The summed E-state index contributed by atoms with van der Waals surface area (Å²) in [5, 5.41) is 8.22. The fraction of sp³-hybridized carbons (Fsp3) is 0.429. The predicted molar refractivity (Wildman–Crippen MR) is 38.0 cm³/mol. The van der Waals surface area contributed by atoms with Gasteiger partial charge in [0.25, 0.3) is 0 Å². The number of carboxylic acid groups (broad SMARTS) is 1. The number of carboxylic acids is 1. The van der Waals surface area contributed by atoms with Gasteiger partial charge in [-0.05, 0) is 13.8 Å². The van der Waals surface area contributed by atoms with Gasteiger partial charge < -0.3 is 9.84 Å². The molecule has 0 rings (SSSR count). The highest BCUT2D eigenvalue weighted by Gasteiger charge is 2.05. The van der Waals surface area contributed by atoms with Crippen molar-refractivity contribution in [2.75, 3.05) is 6.61 Å². The van der Waals surface area contributed by atoms with Crippen LogP contribution in [0.15, 0.2) is 11.6 Å². The highest BCUT2D eigenvalue weighted by molar-refractivity contribution is 5.95. The van der Waals surface area contributed by atoms with Gasteiger partial charge >= 0.3 is 11.9 Å². The van der Waals surface area contributed by atoms with Crippen molar-refractivity contribution in [3.63, 3.8) is 0 Å². The van der Waals surface area contributed by atoms with Crippen LogP contribution in [0, 0.1) is 0 Å². The molecule has 0 unspecified atom stereocenters. The van der Waals surface area contributed by atoms with Crippen molar-refractivity contribution in [1.82, 2.24) is 0 Å². The first kappa shape index (κ1) is 9.68. The van der Waals surface area contributed by atoms with Gasteiger partial charge in [0, 0.05) is 11.6 Å². The minimum Gasteiger partial charge on any atom is -0.478 e. The molecule has 4 heteroatoms. The van der Waals surface area contributed by atoms with Crippen LogP contribution in [-0.2, 0) is 14.3 Å². The average Bonchev–Trinajstić information content (AvgIpc) is 1.86. The van der Waals surface area contributed by atoms with Gasteiger partial charge in [0.15, 0.2) is 0 Å². The average molecular weight is 158 g/mol. The zero-order valence-corrected chi connectivity index (χ0v) is 6.46. The van der Waals surface area contributed by atoms with E-state index in [-0.39, 0.29) is 12.2 Å². The highest BCUT2D eigenvalue weighted by atomic mass is 16.5. The molecule has 0 atom stereocenters. The molecular formula is C7H10O4. The molecule has 62 valence electrons. The fourth-order valence-corrected chi connectivity index (χ4v) is 0.489. The quantitative estimate of drug-likeness (QED) is 0.482. The van der Waals surface area contributed by atoms with Crippen molar-refractivity contribution in [1.29, 1.82) is 0 Å². The molecule has 0 aliphatic rings. The van der Waals surface area contributed by atoms with Crippen molar-refractivity contribution in [2.24, 2.45) is 0 Å². The van der Waals surface area contributed by atoms with E-state index < -0.39 is 11.9 Å². The Kier molecular flexibility index (Phi) is 3.95. The summed E-state index contributed by atoms with van der Waals surface area (Å²) < 4.78 is 4.53. The molecule has 0 spiro atoms. The molecule has 0 saturated heterocycles. The molecule has 0 heterocycles. The van der Waals surface area contributed by atoms with E-state index >= 15 is 0 Å². The van der Waals surface area contributed by atoms with Crippen molar-refractivity contribution >= 4 is 11.9 Å². The Balaban J connectivity index is 4.12. The summed E-state index contributed by atoms with van der Waals surface area (Å²) in [6.45, 7) is 3.31. The summed E-state index contributed by atoms with van der Waals surface area (Å²) in [5.41, 5.74) is 0.0966. The van der Waals surface area contributed by atoms with E-state index in [1.165, 1.54) is 6.92 Å². The molecule has 0 fully saturated rings. The van der Waals surface area contributed by atoms with Crippen LogP contribution in [0.5, 0.6) is 0 Å². The van der Waals surface area contributed by atoms with Crippen LogP contribution < -0.4 is 0 Å². The van der Waals surface area contributed by atoms with Crippen LogP contribution in [0.1, 0.15) is 13.8 Å². The lowest BCUT2D eigenvalue weighted by Gasteiger charge is -1.98. The Morgan fingerprint density at radius 2 is 2.09 bits per heavy atom. The number of carbonyl (C=O) groups excluding carboxylic acids is 1. The molecule has 0 radical (unpaired) electrons. The van der Waals surface area contributed by atoms with Crippen LogP contribution in [-0.4, -0.2) is 23.7 Å². The summed E-state index contributed by atoms with van der Waals surface area (Å²) in [4.78, 5) is 20.8. The van der Waals surface area contributed by atoms with Crippen LogP contribution in [0.4, 0.5) is 0 Å². The molecule has 1 N–H and O–H groups in total. The summed E-state index contributed by atoms with van der Waals surface area (Å²) in [7, 11) is 0. The van der Waals surface area contributed by atoms with E-state index in [0.29, 0.717) is 0 Å². The number of ether oxygens (including phenoxy) is 1. The van der Waals surface area contributed by atoms with E-state index in [9.17, 15) is 9.59 Å². The standard InChI is InChI=1S/C7H10O4/c1-3-11-7(10)5(2)4-6(8)9/h4H,3H2,1-2H3,(H,8,9). The van der Waals surface area contributed by atoms with Gasteiger partial charge in [0.05, 0.1) is 6.61 Å². The number of hydrogen-bond acceptors (Lipinski definition) is 3. The number of esters is 1. The van der Waals surface area contributed by atoms with Crippen molar-refractivity contribution < 1.29 is 19.4 Å². The maximum Gasteiger partial charge on any atom is 0.333 e. The third kappa shape index (κ3) is 4.13. The van der Waals surface area contributed by atoms with Crippen LogP contribution in [0.3, 0.4) is 0 Å². The fourth-order valence-electron chi connectivity index (χ4n) is 0.489. The molecule has 0 bridgehead atoms. The SMILES string of the molecule is CCOC(=O)C(C)=CC(=O)O. The van der Waals surface area contributed by atoms with Gasteiger partial charge in [-0.1, -0.05) is 0 Å². The van der Waals surface area contributed by atoms with E-state index in [1.54, 1.807) is 6.92 Å². The first-order valence-electron chi connectivity index (χ1n) is 3.16. The molecule has 0 amide bonds. The Morgan fingerprint density at radius 3 is 2.45 bits per heavy atom. The molecule has 0 aromatic heterocycles. The molecule has 0 saturated carbocycles. The number of aliphatic carboxylic acids is 1. The monoisotopic (exact) mass is 158 g/mol. The Bertz CT molecular complexity index is 193. The summed E-state index contributed by atoms with van der Waals surface area (Å²) in [5.74, 6) is -1.73. The maximum absolute atomic E-state index is 10.7. The number of rotatable bonds is 3. The molecule has 0 aliphatic carbocycles. The predicted octanol–water partition coefficient (Wildman–Crippen LogP) is 0.580. The van der Waals surface area contributed by atoms with Crippen molar-refractivity contribution in [3.05, 3.63) is 11.6 Å². The highest BCUT2D eigenvalue weighted by Crippen LogP contribution is 1.95. The minimum absolute atomic E-state index is 0.0966. The van der Waals surface area contributed by atoms with Gasteiger partial charge in [0.1, 0.15) is 0 Å². The van der Waals surface area contributed by atoms with E-state index in [1.807, 2.05) is 0 Å². The summed E-state index contributed by atoms with van der Waals surface area (Å²) >= 11 is 0. The van der Waals surface area contributed by atoms with Gasteiger partial charge in [-0.3, -0.25) is 0 Å². The van der Waals surface area contributed by atoms with E-state index in [2.05, 4.69) is 4.74 Å². The second kappa shape index (κ2) is 4.49. The molecule has 0 aromatic carbocycles. The maximum atomic E-state index is 10.7. The normalized spacial score (nSPS) is 10.9. The lowest BCUT2D eigenvalue weighted by molar-refractivity contribution is -0.139. The van der Waals surface area contributed by atoms with Crippen LogP contribution in [0.25, 0.3) is 0 Å². The topological polar surface area (TPSA) is 63.6 Å². The first-order chi connectivity index (χ1) is 5.07. The number of hydrogen-bond donors (Lipinski definition) is 1. The Morgan fingerprint density at radius 1 is 1.55 bits per heavy atom. The summed E-state index contributed by atoms with van der Waals surface area (Å²) in [6, 6.07) is 0. The Hall–Kier alpha value is -1.32. The van der Waals surface area contributed by atoms with Crippen molar-refractivity contribution in [3.8, 4) is 0 Å². The third-order valence-electron chi connectivity index (χ3n) is 0.937. The zero-order valence-electron chi connectivity index (χ0n) is 6.46. The van der Waals surface area contributed by atoms with Gasteiger partial charge in [-0.25, -0.2) is 9.59 Å². The molecule has 0 aromatic rings. The van der Waals surface area contributed by atoms with Crippen molar-refractivity contribution in [2.45, 2.75) is 13.8 Å². The zero-order chi connectivity index (χ0) is 8.85. The number of carbonyl (C=O) groups is 2. The lowest BCUT2D eigenvalue weighted by atomic mass is 10.3. The smallest absolute Gasteiger partial charge is 0.333 e. The van der Waals surface area contributed by atoms with Crippen LogP contribution in [0.2, 0.25) is 0 Å². The summed E-state index contributed by atoms with van der Waals surface area (Å²) in [6.07, 6.45) is 0.817. The minimum atomic E-state index is -1.14. The Labute approximate surface area is 64.5 Å². The van der Waals surface area contributed by atoms with E-state index in [0.717, 1.165) is 6.08 Å². The lowest BCUT2D eigenvalue weighted by Crippen LogP contribution is -2.06. The molecular weight excluding hydrogens is 148 g/mol. The molecule has 4 nitrogen and oxygen atoms in total. The van der Waals surface area contributed by atoms with Gasteiger partial charge in [-0.2, -0.15) is 0 Å². The van der Waals surface area contributed by atoms with Gasteiger partial charge in [-0.15, -0.1) is 0 Å². The second-order valence-electron chi connectivity index (χ2n) is 1.89. The van der Waals surface area contributed by atoms with Crippen LogP contribution >= 0.6 is 0 Å². The first-order valence-corrected chi connectivity index (χ1v) is 3.16.